The van der Waals surface area contributed by atoms with E-state index in [2.05, 4.69) is 60.7 Å². The van der Waals surface area contributed by atoms with E-state index in [-0.39, 0.29) is 0 Å². The highest BCUT2D eigenvalue weighted by Crippen LogP contribution is 2.44. The van der Waals surface area contributed by atoms with Crippen LogP contribution in [0, 0.1) is 0 Å². The van der Waals surface area contributed by atoms with Gasteiger partial charge in [0.05, 0.1) is 14.2 Å². The molecule has 3 rings (SSSR count). The molecule has 0 amide bonds. The Hall–Kier alpha value is -2.09. The highest BCUT2D eigenvalue weighted by Gasteiger charge is 2.22. The predicted molar refractivity (Wildman–Crippen MR) is 115 cm³/mol. The molecule has 0 saturated heterocycles. The van der Waals surface area contributed by atoms with Crippen LogP contribution in [-0.4, -0.2) is 20.4 Å². The summed E-state index contributed by atoms with van der Waals surface area (Å²) in [5.41, 5.74) is 1.21. The smallest absolute Gasteiger partial charge is 0.160 e. The zero-order valence-corrected chi connectivity index (χ0v) is 16.8. The third-order valence-electron chi connectivity index (χ3n) is 4.51. The maximum absolute atomic E-state index is 6.30. The van der Waals surface area contributed by atoms with E-state index in [1.807, 2.05) is 18.2 Å². The molecule has 0 aliphatic rings. The molecule has 0 aromatic heterocycles. The summed E-state index contributed by atoms with van der Waals surface area (Å²) in [6, 6.07) is 25.3. The largest absolute Gasteiger partial charge is 0.493 e. The molecule has 134 valence electrons. The minimum absolute atomic E-state index is 0.752. The summed E-state index contributed by atoms with van der Waals surface area (Å²) >= 11 is 6.30. The Balaban J connectivity index is 1.92. The van der Waals surface area contributed by atoms with Crippen LogP contribution < -0.4 is 20.1 Å². The van der Waals surface area contributed by atoms with Gasteiger partial charge < -0.3 is 9.47 Å². The number of ether oxygens (including phenoxy) is 2. The van der Waals surface area contributed by atoms with Crippen LogP contribution in [0.4, 0.5) is 0 Å². The first-order valence-electron chi connectivity index (χ1n) is 8.58. The van der Waals surface area contributed by atoms with E-state index >= 15 is 0 Å². The fourth-order valence-electron chi connectivity index (χ4n) is 3.07. The zero-order valence-electron chi connectivity index (χ0n) is 15.1. The van der Waals surface area contributed by atoms with Gasteiger partial charge in [-0.1, -0.05) is 78.5 Å². The first-order chi connectivity index (χ1) is 12.7. The van der Waals surface area contributed by atoms with Gasteiger partial charge in [-0.3, -0.25) is 0 Å². The lowest BCUT2D eigenvalue weighted by Crippen LogP contribution is -2.19. The van der Waals surface area contributed by atoms with Gasteiger partial charge in [-0.2, -0.15) is 0 Å². The van der Waals surface area contributed by atoms with E-state index in [0.717, 1.165) is 24.1 Å². The number of methoxy groups -OCH3 is 2. The quantitative estimate of drug-likeness (QED) is 0.565. The molecule has 0 aliphatic heterocycles. The second-order valence-electron chi connectivity index (χ2n) is 6.07. The van der Waals surface area contributed by atoms with Crippen LogP contribution in [0.2, 0.25) is 0 Å². The van der Waals surface area contributed by atoms with Gasteiger partial charge in [0.15, 0.2) is 11.5 Å². The minimum atomic E-state index is -1.87. The zero-order chi connectivity index (χ0) is 18.4. The summed E-state index contributed by atoms with van der Waals surface area (Å²) in [5, 5.41) is 2.53. The molecule has 2 nitrogen and oxygen atoms in total. The molecule has 0 unspecified atom stereocenters. The van der Waals surface area contributed by atoms with Gasteiger partial charge in [0, 0.05) is 6.04 Å². The monoisotopic (exact) mass is 382 g/mol. The van der Waals surface area contributed by atoms with Crippen LogP contribution in [0.1, 0.15) is 5.56 Å². The summed E-state index contributed by atoms with van der Waals surface area (Å²) in [6.07, 6.45) is 1.84. The van der Waals surface area contributed by atoms with Crippen molar-refractivity contribution in [1.82, 2.24) is 0 Å². The average molecular weight is 382 g/mol. The molecule has 3 aromatic rings. The summed E-state index contributed by atoms with van der Waals surface area (Å²) in [6.45, 7) is 0. The second kappa shape index (κ2) is 8.53. The fourth-order valence-corrected chi connectivity index (χ4v) is 6.77. The highest BCUT2D eigenvalue weighted by molar-refractivity contribution is 8.21. The number of aryl methyl sites for hydroxylation is 1. The van der Waals surface area contributed by atoms with Crippen molar-refractivity contribution in [2.45, 2.75) is 6.42 Å². The number of benzene rings is 3. The average Bonchev–Trinajstić information content (AvgIpc) is 2.73. The van der Waals surface area contributed by atoms with E-state index in [1.54, 1.807) is 14.2 Å². The van der Waals surface area contributed by atoms with Gasteiger partial charge in [0.25, 0.3) is 0 Å². The molecule has 0 spiro atoms. The maximum atomic E-state index is 6.30. The summed E-state index contributed by atoms with van der Waals surface area (Å²) < 4.78 is 10.8. The predicted octanol–water partition coefficient (Wildman–Crippen LogP) is 4.38. The van der Waals surface area contributed by atoms with Crippen molar-refractivity contribution >= 4 is 28.5 Å². The number of rotatable bonds is 7. The maximum Gasteiger partial charge on any atom is 0.160 e. The van der Waals surface area contributed by atoms with Gasteiger partial charge in [-0.05, 0) is 40.9 Å². The van der Waals surface area contributed by atoms with Crippen LogP contribution in [0.5, 0.6) is 11.5 Å². The molecule has 0 fully saturated rings. The first-order valence-corrected chi connectivity index (χ1v) is 11.6. The molecule has 0 radical (unpaired) electrons. The highest BCUT2D eigenvalue weighted by atomic mass is 32.4. The van der Waals surface area contributed by atoms with Crippen molar-refractivity contribution in [3.8, 4) is 11.5 Å². The van der Waals surface area contributed by atoms with Gasteiger partial charge in [-0.15, -0.1) is 0 Å². The van der Waals surface area contributed by atoms with Gasteiger partial charge in [-0.25, -0.2) is 0 Å². The lowest BCUT2D eigenvalue weighted by molar-refractivity contribution is 0.354. The fraction of sp³-hybridized carbons (Fsp3) is 0.182. The molecule has 4 heteroatoms. The molecule has 0 heterocycles. The minimum Gasteiger partial charge on any atom is -0.493 e. The molecule has 0 atom stereocenters. The van der Waals surface area contributed by atoms with Crippen molar-refractivity contribution < 1.29 is 9.47 Å². The second-order valence-corrected chi connectivity index (χ2v) is 10.9. The van der Waals surface area contributed by atoms with Crippen LogP contribution in [-0.2, 0) is 18.2 Å². The van der Waals surface area contributed by atoms with E-state index in [9.17, 15) is 0 Å². The summed E-state index contributed by atoms with van der Waals surface area (Å²) in [5.74, 6) is 1.51. The van der Waals surface area contributed by atoms with Crippen molar-refractivity contribution in [2.24, 2.45) is 0 Å². The molecular weight excluding hydrogens is 359 g/mol. The Kier molecular flexibility index (Phi) is 6.13. The Bertz CT molecular complexity index is 851. The molecule has 3 aromatic carbocycles. The van der Waals surface area contributed by atoms with Crippen LogP contribution in [0.25, 0.3) is 0 Å². The summed E-state index contributed by atoms with van der Waals surface area (Å²) in [4.78, 5) is 0. The lowest BCUT2D eigenvalue weighted by Gasteiger charge is -2.23. The standard InChI is InChI=1S/C22H23O2PS/c1-23-21-14-13-18(17-22(21)24-2)15-16-25(26,19-9-5-3-6-10-19)20-11-7-4-8-12-20/h3-14,17H,15-16H2,1-2H3. The van der Waals surface area contributed by atoms with Crippen LogP contribution >= 0.6 is 6.04 Å². The van der Waals surface area contributed by atoms with Gasteiger partial charge in [0.2, 0.25) is 0 Å². The van der Waals surface area contributed by atoms with Crippen molar-refractivity contribution in [3.63, 3.8) is 0 Å². The summed E-state index contributed by atoms with van der Waals surface area (Å²) in [7, 11) is 3.32. The SMILES string of the molecule is COc1ccc(CCP(=S)(c2ccccc2)c2ccccc2)cc1OC. The van der Waals surface area contributed by atoms with E-state index < -0.39 is 6.04 Å². The van der Waals surface area contributed by atoms with Gasteiger partial charge in [0.1, 0.15) is 0 Å². The van der Waals surface area contributed by atoms with Crippen LogP contribution in [0.15, 0.2) is 78.9 Å². The molecule has 0 aliphatic carbocycles. The number of hydrogen-bond acceptors (Lipinski definition) is 3. The third kappa shape index (κ3) is 4.00. The van der Waals surface area contributed by atoms with Crippen molar-refractivity contribution in [1.29, 1.82) is 0 Å². The molecular formula is C22H23O2PS. The Morgan fingerprint density at radius 2 is 1.27 bits per heavy atom. The van der Waals surface area contributed by atoms with E-state index in [0.29, 0.717) is 0 Å². The number of hydrogen-bond donors (Lipinski definition) is 0. The first kappa shape index (κ1) is 18.7. The molecule has 0 bridgehead atoms. The lowest BCUT2D eigenvalue weighted by atomic mass is 10.1. The van der Waals surface area contributed by atoms with E-state index in [1.165, 1.54) is 16.2 Å². The van der Waals surface area contributed by atoms with Gasteiger partial charge >= 0.3 is 0 Å². The molecule has 26 heavy (non-hydrogen) atoms. The molecule has 0 saturated carbocycles. The van der Waals surface area contributed by atoms with Crippen LogP contribution in [0.3, 0.4) is 0 Å². The Morgan fingerprint density at radius 3 is 1.77 bits per heavy atom. The molecule has 0 N–H and O–H groups in total. The Labute approximate surface area is 160 Å². The normalized spacial score (nSPS) is 11.2. The topological polar surface area (TPSA) is 18.5 Å². The van der Waals surface area contributed by atoms with Crippen molar-refractivity contribution in [3.05, 3.63) is 84.4 Å². The van der Waals surface area contributed by atoms with Crippen molar-refractivity contribution in [2.75, 3.05) is 20.4 Å². The van der Waals surface area contributed by atoms with E-state index in [4.69, 9.17) is 21.3 Å². The third-order valence-corrected chi connectivity index (χ3v) is 9.44. The Morgan fingerprint density at radius 1 is 0.731 bits per heavy atom.